The third-order valence-corrected chi connectivity index (χ3v) is 4.93. The minimum Gasteiger partial charge on any atom is -0.381 e. The SMILES string of the molecule is Cn1c(Nc2c(F)cc(Cl)cc2Cl)nc2cnc(NC3CCOCC3)nc21. The number of anilines is 3. The molecule has 0 atom stereocenters. The van der Waals surface area contributed by atoms with Crippen molar-refractivity contribution >= 4 is 51.9 Å². The molecule has 4 rings (SSSR count). The summed E-state index contributed by atoms with van der Waals surface area (Å²) in [5.74, 6) is 0.359. The van der Waals surface area contributed by atoms with E-state index in [1.807, 2.05) is 0 Å². The fourth-order valence-corrected chi connectivity index (χ4v) is 3.48. The summed E-state index contributed by atoms with van der Waals surface area (Å²) in [7, 11) is 1.78. The zero-order valence-electron chi connectivity index (χ0n) is 14.5. The van der Waals surface area contributed by atoms with Crippen molar-refractivity contribution in [3.63, 3.8) is 0 Å². The molecule has 27 heavy (non-hydrogen) atoms. The van der Waals surface area contributed by atoms with E-state index in [-0.39, 0.29) is 21.8 Å². The average molecular weight is 411 g/mol. The molecule has 0 bridgehead atoms. The van der Waals surface area contributed by atoms with Crippen molar-refractivity contribution in [1.82, 2.24) is 19.5 Å². The predicted octanol–water partition coefficient (Wildman–Crippen LogP) is 4.14. The lowest BCUT2D eigenvalue weighted by Crippen LogP contribution is -2.28. The minimum absolute atomic E-state index is 0.105. The number of aromatic nitrogens is 4. The van der Waals surface area contributed by atoms with E-state index in [1.54, 1.807) is 17.8 Å². The highest BCUT2D eigenvalue weighted by Gasteiger charge is 2.17. The topological polar surface area (TPSA) is 76.9 Å². The van der Waals surface area contributed by atoms with Crippen molar-refractivity contribution in [3.8, 4) is 0 Å². The molecule has 142 valence electrons. The van der Waals surface area contributed by atoms with Crippen LogP contribution < -0.4 is 10.6 Å². The van der Waals surface area contributed by atoms with Crippen LogP contribution in [0, 0.1) is 5.82 Å². The fraction of sp³-hybridized carbons (Fsp3) is 0.353. The molecule has 1 saturated heterocycles. The number of nitrogens with zero attached hydrogens (tertiary/aromatic N) is 4. The van der Waals surface area contributed by atoms with Crippen molar-refractivity contribution < 1.29 is 9.13 Å². The molecule has 1 fully saturated rings. The van der Waals surface area contributed by atoms with Gasteiger partial charge in [0, 0.05) is 31.3 Å². The zero-order chi connectivity index (χ0) is 19.0. The van der Waals surface area contributed by atoms with E-state index in [0.717, 1.165) is 26.1 Å². The largest absolute Gasteiger partial charge is 0.381 e. The number of hydrogen-bond donors (Lipinski definition) is 2. The normalized spacial score (nSPS) is 15.3. The summed E-state index contributed by atoms with van der Waals surface area (Å²) in [6.45, 7) is 1.46. The van der Waals surface area contributed by atoms with Gasteiger partial charge < -0.3 is 15.4 Å². The highest BCUT2D eigenvalue weighted by atomic mass is 35.5. The summed E-state index contributed by atoms with van der Waals surface area (Å²) >= 11 is 11.9. The van der Waals surface area contributed by atoms with Gasteiger partial charge in [0.05, 0.1) is 16.9 Å². The van der Waals surface area contributed by atoms with Gasteiger partial charge >= 0.3 is 0 Å². The first-order chi connectivity index (χ1) is 13.0. The molecule has 1 aliphatic rings. The lowest BCUT2D eigenvalue weighted by atomic mass is 10.1. The van der Waals surface area contributed by atoms with Gasteiger partial charge in [0.15, 0.2) is 5.65 Å². The molecule has 3 heterocycles. The van der Waals surface area contributed by atoms with Crippen LogP contribution in [0.15, 0.2) is 18.3 Å². The fourth-order valence-electron chi connectivity index (χ4n) is 2.96. The molecule has 2 aromatic heterocycles. The highest BCUT2D eigenvalue weighted by molar-refractivity contribution is 6.36. The van der Waals surface area contributed by atoms with E-state index >= 15 is 0 Å². The Bertz CT molecular complexity index is 966. The highest BCUT2D eigenvalue weighted by Crippen LogP contribution is 2.32. The van der Waals surface area contributed by atoms with E-state index in [0.29, 0.717) is 23.1 Å². The van der Waals surface area contributed by atoms with Gasteiger partial charge in [0.2, 0.25) is 11.9 Å². The number of halogens is 3. The molecule has 0 saturated carbocycles. The van der Waals surface area contributed by atoms with Crippen LogP contribution in [0.2, 0.25) is 10.0 Å². The molecule has 0 amide bonds. The van der Waals surface area contributed by atoms with Crippen LogP contribution in [-0.4, -0.2) is 38.8 Å². The van der Waals surface area contributed by atoms with Gasteiger partial charge in [0.25, 0.3) is 0 Å². The van der Waals surface area contributed by atoms with Crippen LogP contribution in [-0.2, 0) is 11.8 Å². The molecule has 0 radical (unpaired) electrons. The van der Waals surface area contributed by atoms with Gasteiger partial charge in [-0.15, -0.1) is 0 Å². The predicted molar refractivity (Wildman–Crippen MR) is 103 cm³/mol. The number of fused-ring (bicyclic) bond motifs is 1. The van der Waals surface area contributed by atoms with Gasteiger partial charge in [-0.25, -0.2) is 14.4 Å². The standard InChI is InChI=1S/C17H17Cl2FN6O/c1-26-15-13(8-21-16(25-15)22-10-2-4-27-5-3-10)23-17(26)24-14-11(19)6-9(18)7-12(14)20/h6-8,10H,2-5H2,1H3,(H,23,24)(H,21,22,25). The molecule has 7 nitrogen and oxygen atoms in total. The number of nitrogens with one attached hydrogen (secondary N) is 2. The Hall–Kier alpha value is -2.16. The second-order valence-electron chi connectivity index (χ2n) is 6.30. The van der Waals surface area contributed by atoms with Crippen molar-refractivity contribution in [3.05, 3.63) is 34.2 Å². The average Bonchev–Trinajstić information content (AvgIpc) is 2.95. The Balaban J connectivity index is 1.62. The molecule has 10 heteroatoms. The Morgan fingerprint density at radius 3 is 2.74 bits per heavy atom. The lowest BCUT2D eigenvalue weighted by Gasteiger charge is -2.22. The van der Waals surface area contributed by atoms with Gasteiger partial charge in [-0.05, 0) is 25.0 Å². The van der Waals surface area contributed by atoms with Gasteiger partial charge in [-0.2, -0.15) is 4.98 Å². The maximum Gasteiger partial charge on any atom is 0.224 e. The van der Waals surface area contributed by atoms with Crippen LogP contribution in [0.25, 0.3) is 11.2 Å². The number of aryl methyl sites for hydroxylation is 1. The maximum absolute atomic E-state index is 14.2. The second-order valence-corrected chi connectivity index (χ2v) is 7.14. The number of ether oxygens (including phenoxy) is 1. The molecule has 3 aromatic rings. The van der Waals surface area contributed by atoms with E-state index < -0.39 is 5.82 Å². The van der Waals surface area contributed by atoms with Crippen LogP contribution >= 0.6 is 23.2 Å². The number of rotatable bonds is 4. The van der Waals surface area contributed by atoms with E-state index in [1.165, 1.54) is 12.1 Å². The van der Waals surface area contributed by atoms with Gasteiger partial charge in [0.1, 0.15) is 11.3 Å². The van der Waals surface area contributed by atoms with Gasteiger partial charge in [-0.1, -0.05) is 23.2 Å². The lowest BCUT2D eigenvalue weighted by molar-refractivity contribution is 0.0903. The second kappa shape index (κ2) is 7.46. The van der Waals surface area contributed by atoms with Crippen molar-refractivity contribution in [1.29, 1.82) is 0 Å². The van der Waals surface area contributed by atoms with Crippen molar-refractivity contribution in [2.45, 2.75) is 18.9 Å². The number of hydrogen-bond acceptors (Lipinski definition) is 6. The quantitative estimate of drug-likeness (QED) is 0.672. The molecule has 0 aliphatic carbocycles. The maximum atomic E-state index is 14.2. The first-order valence-corrected chi connectivity index (χ1v) is 9.22. The summed E-state index contributed by atoms with van der Waals surface area (Å²) in [5, 5.41) is 6.62. The van der Waals surface area contributed by atoms with E-state index in [9.17, 15) is 4.39 Å². The summed E-state index contributed by atoms with van der Waals surface area (Å²) in [4.78, 5) is 13.3. The van der Waals surface area contributed by atoms with Crippen LogP contribution in [0.1, 0.15) is 12.8 Å². The van der Waals surface area contributed by atoms with Crippen LogP contribution in [0.4, 0.5) is 22.0 Å². The molecule has 0 unspecified atom stereocenters. The molecule has 0 spiro atoms. The van der Waals surface area contributed by atoms with E-state index in [4.69, 9.17) is 27.9 Å². The molecule has 2 N–H and O–H groups in total. The summed E-state index contributed by atoms with van der Waals surface area (Å²) < 4.78 is 21.3. The zero-order valence-corrected chi connectivity index (χ0v) is 16.0. The Kier molecular flexibility index (Phi) is 5.03. The third kappa shape index (κ3) is 3.78. The number of imidazole rings is 1. The molecular formula is C17H17Cl2FN6O. The monoisotopic (exact) mass is 410 g/mol. The Morgan fingerprint density at radius 2 is 2.00 bits per heavy atom. The van der Waals surface area contributed by atoms with Crippen LogP contribution in [0.5, 0.6) is 0 Å². The van der Waals surface area contributed by atoms with E-state index in [2.05, 4.69) is 25.6 Å². The van der Waals surface area contributed by atoms with Crippen molar-refractivity contribution in [2.75, 3.05) is 23.8 Å². The first kappa shape index (κ1) is 18.2. The molecule has 1 aliphatic heterocycles. The Morgan fingerprint density at radius 1 is 1.22 bits per heavy atom. The minimum atomic E-state index is -0.562. The third-order valence-electron chi connectivity index (χ3n) is 4.41. The van der Waals surface area contributed by atoms with Crippen LogP contribution in [0.3, 0.4) is 0 Å². The Labute approximate surface area is 164 Å². The van der Waals surface area contributed by atoms with Gasteiger partial charge in [-0.3, -0.25) is 4.57 Å². The summed E-state index contributed by atoms with van der Waals surface area (Å²) in [6.07, 6.45) is 3.46. The first-order valence-electron chi connectivity index (χ1n) is 8.46. The van der Waals surface area contributed by atoms with Crippen molar-refractivity contribution in [2.24, 2.45) is 7.05 Å². The summed E-state index contributed by atoms with van der Waals surface area (Å²) in [5.41, 5.74) is 1.31. The smallest absolute Gasteiger partial charge is 0.224 e. The number of benzene rings is 1. The summed E-state index contributed by atoms with van der Waals surface area (Å²) in [6, 6.07) is 2.94. The molecular weight excluding hydrogens is 394 g/mol. The molecule has 1 aromatic carbocycles.